The summed E-state index contributed by atoms with van der Waals surface area (Å²) in [5, 5.41) is 0. The molecular weight excluding hydrogens is 318 g/mol. The van der Waals surface area contributed by atoms with E-state index in [2.05, 4.69) is 9.97 Å². The van der Waals surface area contributed by atoms with Crippen molar-refractivity contribution in [2.45, 2.75) is 56.7 Å². The lowest BCUT2D eigenvalue weighted by atomic mass is 9.89. The number of likely N-dealkylation sites (tertiary alicyclic amines) is 1. The lowest BCUT2D eigenvalue weighted by molar-refractivity contribution is -0.0468. The Labute approximate surface area is 148 Å². The second-order valence-electron chi connectivity index (χ2n) is 7.73. The monoisotopic (exact) mass is 345 g/mol. The van der Waals surface area contributed by atoms with Crippen molar-refractivity contribution < 1.29 is 14.3 Å². The van der Waals surface area contributed by atoms with Crippen LogP contribution in [0.25, 0.3) is 0 Å². The van der Waals surface area contributed by atoms with Crippen molar-refractivity contribution in [2.75, 3.05) is 26.3 Å². The van der Waals surface area contributed by atoms with Crippen molar-refractivity contribution in [3.8, 4) is 0 Å². The quantitative estimate of drug-likeness (QED) is 0.839. The molecule has 25 heavy (non-hydrogen) atoms. The number of ether oxygens (including phenoxy) is 2. The van der Waals surface area contributed by atoms with Crippen molar-refractivity contribution in [1.82, 2.24) is 14.9 Å². The molecule has 6 nitrogen and oxygen atoms in total. The summed E-state index contributed by atoms with van der Waals surface area (Å²) in [6.07, 6.45) is 11.4. The summed E-state index contributed by atoms with van der Waals surface area (Å²) in [4.78, 5) is 22.5. The standard InChI is InChI=1S/C19H27N3O3/c23-18(17-6-8-20-14-21-17)22-9-3-7-19(13-22)10-16(12-25-19)24-11-15-4-1-2-5-15/h6,8,14-16H,1-5,7,9-13H2/t16-,19+/m1/s1. The molecule has 6 heteroatoms. The van der Waals surface area contributed by atoms with E-state index in [4.69, 9.17) is 9.47 Å². The smallest absolute Gasteiger partial charge is 0.272 e. The zero-order valence-electron chi connectivity index (χ0n) is 14.7. The first-order valence-corrected chi connectivity index (χ1v) is 9.55. The van der Waals surface area contributed by atoms with Crippen LogP contribution in [-0.4, -0.2) is 58.8 Å². The van der Waals surface area contributed by atoms with Crippen LogP contribution in [0.1, 0.15) is 55.4 Å². The van der Waals surface area contributed by atoms with E-state index in [9.17, 15) is 4.79 Å². The molecule has 2 atom stereocenters. The van der Waals surface area contributed by atoms with E-state index in [-0.39, 0.29) is 17.6 Å². The van der Waals surface area contributed by atoms with Gasteiger partial charge in [-0.15, -0.1) is 0 Å². The molecule has 2 aliphatic heterocycles. The van der Waals surface area contributed by atoms with Crippen molar-refractivity contribution in [3.63, 3.8) is 0 Å². The van der Waals surface area contributed by atoms with Crippen molar-refractivity contribution in [2.24, 2.45) is 5.92 Å². The van der Waals surface area contributed by atoms with Gasteiger partial charge in [-0.05, 0) is 37.7 Å². The van der Waals surface area contributed by atoms with Crippen LogP contribution in [0.5, 0.6) is 0 Å². The van der Waals surface area contributed by atoms with Crippen molar-refractivity contribution in [1.29, 1.82) is 0 Å². The minimum absolute atomic E-state index is 0.0274. The SMILES string of the molecule is O=C(c1ccncn1)N1CCC[C@]2(C[C@@H](OCC3CCCC3)CO2)C1. The molecular formula is C19H27N3O3. The number of hydrogen-bond acceptors (Lipinski definition) is 5. The molecule has 3 heterocycles. The number of piperidine rings is 1. The number of aromatic nitrogens is 2. The zero-order chi connectivity index (χ0) is 17.1. The molecule has 0 radical (unpaired) electrons. The highest BCUT2D eigenvalue weighted by Crippen LogP contribution is 2.37. The maximum absolute atomic E-state index is 12.7. The average Bonchev–Trinajstić information content (AvgIpc) is 3.30. The summed E-state index contributed by atoms with van der Waals surface area (Å²) in [6, 6.07) is 1.67. The summed E-state index contributed by atoms with van der Waals surface area (Å²) in [6.45, 7) is 2.93. The van der Waals surface area contributed by atoms with Crippen molar-refractivity contribution >= 4 is 5.91 Å². The first kappa shape index (κ1) is 16.9. The number of amides is 1. The Morgan fingerprint density at radius 2 is 2.24 bits per heavy atom. The molecule has 1 saturated carbocycles. The third-order valence-corrected chi connectivity index (χ3v) is 5.85. The first-order chi connectivity index (χ1) is 12.2. The Morgan fingerprint density at radius 1 is 1.36 bits per heavy atom. The summed E-state index contributed by atoms with van der Waals surface area (Å²) < 4.78 is 12.3. The van der Waals surface area contributed by atoms with Gasteiger partial charge in [-0.3, -0.25) is 4.79 Å². The predicted molar refractivity (Wildman–Crippen MR) is 92.2 cm³/mol. The summed E-state index contributed by atoms with van der Waals surface area (Å²) >= 11 is 0. The van der Waals surface area contributed by atoms with E-state index in [1.54, 1.807) is 12.3 Å². The van der Waals surface area contributed by atoms with E-state index < -0.39 is 0 Å². The molecule has 1 aromatic rings. The first-order valence-electron chi connectivity index (χ1n) is 9.55. The third kappa shape index (κ3) is 3.85. The highest BCUT2D eigenvalue weighted by molar-refractivity contribution is 5.92. The summed E-state index contributed by atoms with van der Waals surface area (Å²) in [5.41, 5.74) is 0.223. The second kappa shape index (κ2) is 7.38. The highest BCUT2D eigenvalue weighted by Gasteiger charge is 2.45. The van der Waals surface area contributed by atoms with E-state index in [1.807, 2.05) is 4.90 Å². The Hall–Kier alpha value is -1.53. The summed E-state index contributed by atoms with van der Waals surface area (Å²) in [7, 11) is 0. The van der Waals surface area contributed by atoms with E-state index in [0.29, 0.717) is 18.8 Å². The fourth-order valence-corrected chi connectivity index (χ4v) is 4.49. The lowest BCUT2D eigenvalue weighted by Crippen LogP contribution is -2.50. The third-order valence-electron chi connectivity index (χ3n) is 5.85. The Balaban J connectivity index is 1.33. The minimum atomic E-state index is -0.235. The van der Waals surface area contributed by atoms with Crippen LogP contribution in [-0.2, 0) is 9.47 Å². The van der Waals surface area contributed by atoms with Crippen molar-refractivity contribution in [3.05, 3.63) is 24.3 Å². The van der Waals surface area contributed by atoms with Gasteiger partial charge in [-0.2, -0.15) is 0 Å². The van der Waals surface area contributed by atoms with Crippen LogP contribution in [0.15, 0.2) is 18.6 Å². The van der Waals surface area contributed by atoms with Crippen LogP contribution < -0.4 is 0 Å². The predicted octanol–water partition coefficient (Wildman–Crippen LogP) is 2.45. The molecule has 2 saturated heterocycles. The van der Waals surface area contributed by atoms with Gasteiger partial charge >= 0.3 is 0 Å². The fourth-order valence-electron chi connectivity index (χ4n) is 4.49. The molecule has 0 aromatic carbocycles. The van der Waals surface area contributed by atoms with Gasteiger partial charge in [0.25, 0.3) is 5.91 Å². The highest BCUT2D eigenvalue weighted by atomic mass is 16.6. The Kier molecular flexibility index (Phi) is 4.99. The topological polar surface area (TPSA) is 64.6 Å². The van der Waals surface area contributed by atoms with Gasteiger partial charge in [0.05, 0.1) is 24.9 Å². The molecule has 136 valence electrons. The van der Waals surface area contributed by atoms with E-state index >= 15 is 0 Å². The Bertz CT molecular complexity index is 591. The maximum atomic E-state index is 12.7. The van der Waals surface area contributed by atoms with E-state index in [0.717, 1.165) is 38.3 Å². The molecule has 3 aliphatic rings. The normalized spacial score (nSPS) is 30.2. The zero-order valence-corrected chi connectivity index (χ0v) is 14.7. The van der Waals surface area contributed by atoms with Gasteiger partial charge in [-0.25, -0.2) is 9.97 Å². The molecule has 0 unspecified atom stereocenters. The number of carbonyl (C=O) groups is 1. The minimum Gasteiger partial charge on any atom is -0.375 e. The van der Waals surface area contributed by atoms with Crippen LogP contribution in [0.2, 0.25) is 0 Å². The fraction of sp³-hybridized carbons (Fsp3) is 0.737. The van der Waals surface area contributed by atoms with Crippen LogP contribution >= 0.6 is 0 Å². The molecule has 1 amide bonds. The van der Waals surface area contributed by atoms with Gasteiger partial charge in [-0.1, -0.05) is 12.8 Å². The Morgan fingerprint density at radius 3 is 3.04 bits per heavy atom. The average molecular weight is 345 g/mol. The van der Waals surface area contributed by atoms with Gasteiger partial charge in [0.2, 0.25) is 0 Å². The second-order valence-corrected chi connectivity index (χ2v) is 7.73. The maximum Gasteiger partial charge on any atom is 0.272 e. The van der Waals surface area contributed by atoms with Crippen LogP contribution in [0.3, 0.4) is 0 Å². The van der Waals surface area contributed by atoms with Crippen LogP contribution in [0, 0.1) is 5.92 Å². The van der Waals surface area contributed by atoms with Crippen LogP contribution in [0.4, 0.5) is 0 Å². The molecule has 1 aromatic heterocycles. The molecule has 3 fully saturated rings. The van der Waals surface area contributed by atoms with Gasteiger partial charge in [0, 0.05) is 25.8 Å². The van der Waals surface area contributed by atoms with Gasteiger partial charge in [0.15, 0.2) is 0 Å². The molecule has 4 rings (SSSR count). The molecule has 0 bridgehead atoms. The number of nitrogens with zero attached hydrogens (tertiary/aromatic N) is 3. The number of hydrogen-bond donors (Lipinski definition) is 0. The number of carbonyl (C=O) groups excluding carboxylic acids is 1. The largest absolute Gasteiger partial charge is 0.375 e. The number of rotatable bonds is 4. The molecule has 1 aliphatic carbocycles. The lowest BCUT2D eigenvalue weighted by Gasteiger charge is -2.39. The molecule has 0 N–H and O–H groups in total. The van der Waals surface area contributed by atoms with Gasteiger partial charge in [0.1, 0.15) is 12.0 Å². The summed E-state index contributed by atoms with van der Waals surface area (Å²) in [5.74, 6) is 0.708. The van der Waals surface area contributed by atoms with Gasteiger partial charge < -0.3 is 14.4 Å². The molecule has 1 spiro atoms. The van der Waals surface area contributed by atoms with E-state index in [1.165, 1.54) is 32.0 Å².